The van der Waals surface area contributed by atoms with Crippen LogP contribution in [0, 0.1) is 0 Å². The zero-order valence-corrected chi connectivity index (χ0v) is 11.9. The Labute approximate surface area is 115 Å². The van der Waals surface area contributed by atoms with Gasteiger partial charge in [0, 0.05) is 13.1 Å². The second-order valence-electron chi connectivity index (χ2n) is 5.14. The third kappa shape index (κ3) is 3.77. The molecule has 2 rings (SSSR count). The van der Waals surface area contributed by atoms with Crippen molar-refractivity contribution in [2.75, 3.05) is 32.5 Å². The molecule has 0 unspecified atom stereocenters. The van der Waals surface area contributed by atoms with Crippen LogP contribution in [0.1, 0.15) is 26.2 Å². The number of ether oxygens (including phenoxy) is 2. The molecule has 0 bridgehead atoms. The molecule has 1 heterocycles. The fourth-order valence-corrected chi connectivity index (χ4v) is 2.25. The minimum atomic E-state index is 0.264. The lowest BCUT2D eigenvalue weighted by molar-refractivity contribution is 0.114. The zero-order valence-electron chi connectivity index (χ0n) is 11.9. The summed E-state index contributed by atoms with van der Waals surface area (Å²) < 4.78 is 11.6. The highest BCUT2D eigenvalue weighted by atomic mass is 16.5. The fourth-order valence-electron chi connectivity index (χ4n) is 2.25. The summed E-state index contributed by atoms with van der Waals surface area (Å²) in [6, 6.07) is 5.75. The number of nitrogens with zero attached hydrogens (tertiary/aromatic N) is 1. The van der Waals surface area contributed by atoms with Crippen molar-refractivity contribution in [2.24, 2.45) is 0 Å². The number of likely N-dealkylation sites (tertiary alicyclic amines) is 1. The van der Waals surface area contributed by atoms with E-state index in [-0.39, 0.29) is 6.10 Å². The van der Waals surface area contributed by atoms with Crippen LogP contribution in [0.5, 0.6) is 11.5 Å². The first-order valence-corrected chi connectivity index (χ1v) is 7.07. The summed E-state index contributed by atoms with van der Waals surface area (Å²) in [6.07, 6.45) is 3.34. The average Bonchev–Trinajstić information content (AvgIpc) is 2.42. The lowest BCUT2D eigenvalue weighted by Gasteiger charge is -2.29. The van der Waals surface area contributed by atoms with Gasteiger partial charge in [-0.15, -0.1) is 0 Å². The number of nitrogen functional groups attached to an aromatic ring is 1. The first-order chi connectivity index (χ1) is 9.20. The highest BCUT2D eigenvalue weighted by Crippen LogP contribution is 2.33. The third-order valence-electron chi connectivity index (χ3n) is 3.45. The average molecular weight is 264 g/mol. The van der Waals surface area contributed by atoms with Crippen molar-refractivity contribution in [3.05, 3.63) is 18.2 Å². The number of hydrogen-bond acceptors (Lipinski definition) is 4. The summed E-state index contributed by atoms with van der Waals surface area (Å²) in [4.78, 5) is 2.32. The second-order valence-corrected chi connectivity index (χ2v) is 5.14. The quantitative estimate of drug-likeness (QED) is 0.830. The summed E-state index contributed by atoms with van der Waals surface area (Å²) in [5, 5.41) is 0. The van der Waals surface area contributed by atoms with E-state index in [0.717, 1.165) is 43.9 Å². The maximum atomic E-state index is 6.11. The standard InChI is InChI=1S/C15H24N2O2/c1-3-11-18-13-5-4-6-14(15(13)16)19-12-7-9-17(2)10-8-12/h4-6,12H,3,7-11,16H2,1-2H3. The Morgan fingerprint density at radius 1 is 1.26 bits per heavy atom. The molecule has 0 aliphatic carbocycles. The van der Waals surface area contributed by atoms with E-state index in [4.69, 9.17) is 15.2 Å². The second kappa shape index (κ2) is 6.66. The summed E-state index contributed by atoms with van der Waals surface area (Å²) in [5.41, 5.74) is 6.73. The topological polar surface area (TPSA) is 47.7 Å². The van der Waals surface area contributed by atoms with Gasteiger partial charge in [-0.3, -0.25) is 0 Å². The minimum absolute atomic E-state index is 0.264. The molecule has 0 saturated carbocycles. The highest BCUT2D eigenvalue weighted by molar-refractivity contribution is 5.62. The molecular formula is C15H24N2O2. The molecule has 1 aromatic rings. The Hall–Kier alpha value is -1.42. The van der Waals surface area contributed by atoms with Gasteiger partial charge >= 0.3 is 0 Å². The van der Waals surface area contributed by atoms with Gasteiger partial charge in [0.25, 0.3) is 0 Å². The van der Waals surface area contributed by atoms with Gasteiger partial charge in [-0.1, -0.05) is 13.0 Å². The number of para-hydroxylation sites is 1. The Morgan fingerprint density at radius 3 is 2.63 bits per heavy atom. The number of benzene rings is 1. The molecule has 0 radical (unpaired) electrons. The number of nitrogens with two attached hydrogens (primary N) is 1. The fraction of sp³-hybridized carbons (Fsp3) is 0.600. The highest BCUT2D eigenvalue weighted by Gasteiger charge is 2.19. The van der Waals surface area contributed by atoms with Gasteiger partial charge in [-0.2, -0.15) is 0 Å². The van der Waals surface area contributed by atoms with Crippen molar-refractivity contribution < 1.29 is 9.47 Å². The van der Waals surface area contributed by atoms with Crippen molar-refractivity contribution in [1.82, 2.24) is 4.90 Å². The van der Waals surface area contributed by atoms with Crippen molar-refractivity contribution in [3.8, 4) is 11.5 Å². The molecule has 1 aliphatic heterocycles. The Morgan fingerprint density at radius 2 is 1.95 bits per heavy atom. The van der Waals surface area contributed by atoms with Crippen LogP contribution in [0.25, 0.3) is 0 Å². The van der Waals surface area contributed by atoms with E-state index >= 15 is 0 Å². The number of piperidine rings is 1. The van der Waals surface area contributed by atoms with Gasteiger partial charge < -0.3 is 20.1 Å². The molecule has 0 spiro atoms. The molecule has 1 fully saturated rings. The summed E-state index contributed by atoms with van der Waals surface area (Å²) in [6.45, 7) is 4.92. The monoisotopic (exact) mass is 264 g/mol. The normalized spacial score (nSPS) is 17.4. The SMILES string of the molecule is CCCOc1cccc(OC2CCN(C)CC2)c1N. The largest absolute Gasteiger partial charge is 0.491 e. The van der Waals surface area contributed by atoms with E-state index in [1.807, 2.05) is 18.2 Å². The predicted molar refractivity (Wildman–Crippen MR) is 77.8 cm³/mol. The molecule has 19 heavy (non-hydrogen) atoms. The predicted octanol–water partition coefficient (Wildman–Crippen LogP) is 2.53. The molecule has 1 aromatic carbocycles. The number of anilines is 1. The number of rotatable bonds is 5. The molecule has 0 amide bonds. The number of hydrogen-bond donors (Lipinski definition) is 1. The zero-order chi connectivity index (χ0) is 13.7. The van der Waals surface area contributed by atoms with Gasteiger partial charge in [0.1, 0.15) is 23.3 Å². The molecule has 1 aliphatic rings. The van der Waals surface area contributed by atoms with Gasteiger partial charge in [0.15, 0.2) is 0 Å². The molecule has 0 aromatic heterocycles. The van der Waals surface area contributed by atoms with E-state index in [1.54, 1.807) is 0 Å². The van der Waals surface area contributed by atoms with Crippen LogP contribution in [-0.4, -0.2) is 37.7 Å². The summed E-state index contributed by atoms with van der Waals surface area (Å²) >= 11 is 0. The van der Waals surface area contributed by atoms with E-state index in [2.05, 4.69) is 18.9 Å². The smallest absolute Gasteiger partial charge is 0.146 e. The maximum Gasteiger partial charge on any atom is 0.146 e. The van der Waals surface area contributed by atoms with Crippen LogP contribution < -0.4 is 15.2 Å². The van der Waals surface area contributed by atoms with Gasteiger partial charge in [-0.05, 0) is 38.4 Å². The van der Waals surface area contributed by atoms with Crippen LogP contribution in [-0.2, 0) is 0 Å². The molecule has 106 valence electrons. The van der Waals surface area contributed by atoms with Crippen molar-refractivity contribution in [3.63, 3.8) is 0 Å². The van der Waals surface area contributed by atoms with Gasteiger partial charge in [-0.25, -0.2) is 0 Å². The maximum absolute atomic E-state index is 6.11. The van der Waals surface area contributed by atoms with Gasteiger partial charge in [0.2, 0.25) is 0 Å². The van der Waals surface area contributed by atoms with Crippen LogP contribution in [0.4, 0.5) is 5.69 Å². The van der Waals surface area contributed by atoms with Crippen LogP contribution in [0.3, 0.4) is 0 Å². The van der Waals surface area contributed by atoms with E-state index in [1.165, 1.54) is 0 Å². The Kier molecular flexibility index (Phi) is 4.91. The van der Waals surface area contributed by atoms with Gasteiger partial charge in [0.05, 0.1) is 6.61 Å². The van der Waals surface area contributed by atoms with Crippen LogP contribution >= 0.6 is 0 Å². The Bertz CT molecular complexity index is 401. The third-order valence-corrected chi connectivity index (χ3v) is 3.45. The van der Waals surface area contributed by atoms with Crippen molar-refractivity contribution in [2.45, 2.75) is 32.3 Å². The first kappa shape index (κ1) is 14.0. The van der Waals surface area contributed by atoms with Crippen LogP contribution in [0.2, 0.25) is 0 Å². The van der Waals surface area contributed by atoms with Crippen molar-refractivity contribution >= 4 is 5.69 Å². The molecule has 2 N–H and O–H groups in total. The van der Waals surface area contributed by atoms with Crippen molar-refractivity contribution in [1.29, 1.82) is 0 Å². The summed E-state index contributed by atoms with van der Waals surface area (Å²) in [7, 11) is 2.14. The molecule has 4 nitrogen and oxygen atoms in total. The van der Waals surface area contributed by atoms with Crippen LogP contribution in [0.15, 0.2) is 18.2 Å². The molecule has 1 saturated heterocycles. The molecular weight excluding hydrogens is 240 g/mol. The van der Waals surface area contributed by atoms with E-state index in [9.17, 15) is 0 Å². The van der Waals surface area contributed by atoms with E-state index < -0.39 is 0 Å². The van der Waals surface area contributed by atoms with E-state index in [0.29, 0.717) is 12.3 Å². The lowest BCUT2D eigenvalue weighted by Crippen LogP contribution is -2.35. The summed E-state index contributed by atoms with van der Waals surface area (Å²) in [5.74, 6) is 1.48. The first-order valence-electron chi connectivity index (χ1n) is 7.07. The molecule has 4 heteroatoms. The lowest BCUT2D eigenvalue weighted by atomic mass is 10.1. The minimum Gasteiger partial charge on any atom is -0.491 e. The molecule has 0 atom stereocenters. The Balaban J connectivity index is 1.99.